The van der Waals surface area contributed by atoms with E-state index in [4.69, 9.17) is 9.84 Å². The number of urea groups is 1. The summed E-state index contributed by atoms with van der Waals surface area (Å²) < 4.78 is 5.72. The summed E-state index contributed by atoms with van der Waals surface area (Å²) in [5, 5.41) is 14.3. The van der Waals surface area contributed by atoms with Crippen molar-refractivity contribution in [2.45, 2.75) is 52.2 Å². The van der Waals surface area contributed by atoms with Crippen LogP contribution in [0.1, 0.15) is 40.5 Å². The first-order chi connectivity index (χ1) is 9.80. The molecule has 0 radical (unpaired) electrons. The van der Waals surface area contributed by atoms with Crippen LogP contribution in [-0.4, -0.2) is 29.4 Å². The molecular weight excluding hydrogens is 268 g/mol. The molecule has 3 N–H and O–H groups in total. The normalized spacial score (nSPS) is 12.6. The van der Waals surface area contributed by atoms with Gasteiger partial charge in [0.1, 0.15) is 11.4 Å². The third-order valence-corrected chi connectivity index (χ3v) is 2.71. The third-order valence-electron chi connectivity index (χ3n) is 2.71. The van der Waals surface area contributed by atoms with Crippen molar-refractivity contribution in [1.82, 2.24) is 5.32 Å². The van der Waals surface area contributed by atoms with Gasteiger partial charge in [-0.15, -0.1) is 0 Å². The van der Waals surface area contributed by atoms with E-state index >= 15 is 0 Å². The molecule has 5 heteroatoms. The van der Waals surface area contributed by atoms with E-state index in [9.17, 15) is 4.79 Å². The number of aliphatic hydroxyl groups excluding tert-OH is 1. The van der Waals surface area contributed by atoms with Crippen LogP contribution in [0.25, 0.3) is 0 Å². The van der Waals surface area contributed by atoms with Gasteiger partial charge in [-0.25, -0.2) is 4.79 Å². The molecule has 0 heterocycles. The first kappa shape index (κ1) is 17.3. The second-order valence-electron chi connectivity index (χ2n) is 6.10. The fourth-order valence-corrected chi connectivity index (χ4v) is 1.82. The van der Waals surface area contributed by atoms with Crippen molar-refractivity contribution >= 4 is 11.7 Å². The maximum absolute atomic E-state index is 11.8. The second kappa shape index (κ2) is 7.88. The van der Waals surface area contributed by atoms with E-state index < -0.39 is 0 Å². The highest BCUT2D eigenvalue weighted by Crippen LogP contribution is 2.20. The van der Waals surface area contributed by atoms with Crippen molar-refractivity contribution in [2.75, 3.05) is 11.9 Å². The van der Waals surface area contributed by atoms with E-state index in [0.717, 1.165) is 12.2 Å². The number of aliphatic hydroxyl groups is 1. The van der Waals surface area contributed by atoms with Gasteiger partial charge in [0.05, 0.1) is 0 Å². The number of nitrogens with one attached hydrogen (secondary N) is 2. The van der Waals surface area contributed by atoms with Crippen molar-refractivity contribution in [3.05, 3.63) is 24.3 Å². The molecule has 2 amide bonds. The zero-order valence-electron chi connectivity index (χ0n) is 13.3. The predicted molar refractivity (Wildman–Crippen MR) is 84.8 cm³/mol. The number of hydrogen-bond acceptors (Lipinski definition) is 3. The largest absolute Gasteiger partial charge is 0.488 e. The van der Waals surface area contributed by atoms with E-state index in [1.807, 2.05) is 39.8 Å². The average molecular weight is 294 g/mol. The van der Waals surface area contributed by atoms with Gasteiger partial charge in [-0.2, -0.15) is 0 Å². The molecule has 1 aromatic carbocycles. The highest BCUT2D eigenvalue weighted by Gasteiger charge is 2.12. The minimum absolute atomic E-state index is 0.0284. The van der Waals surface area contributed by atoms with Gasteiger partial charge in [-0.1, -0.05) is 0 Å². The van der Waals surface area contributed by atoms with Gasteiger partial charge in [0.15, 0.2) is 0 Å². The van der Waals surface area contributed by atoms with Crippen LogP contribution < -0.4 is 15.4 Å². The van der Waals surface area contributed by atoms with Gasteiger partial charge >= 0.3 is 6.03 Å². The molecule has 0 bridgehead atoms. The first-order valence-corrected chi connectivity index (χ1v) is 7.27. The van der Waals surface area contributed by atoms with Gasteiger partial charge in [0, 0.05) is 18.3 Å². The molecule has 5 nitrogen and oxygen atoms in total. The monoisotopic (exact) mass is 294 g/mol. The van der Waals surface area contributed by atoms with Crippen LogP contribution in [-0.2, 0) is 0 Å². The lowest BCUT2D eigenvalue weighted by molar-refractivity contribution is 0.131. The minimum Gasteiger partial charge on any atom is -0.488 e. The summed E-state index contributed by atoms with van der Waals surface area (Å²) in [5.74, 6) is 0.768. The summed E-state index contributed by atoms with van der Waals surface area (Å²) in [4.78, 5) is 11.8. The number of carbonyl (C=O) groups excluding carboxylic acids is 1. The van der Waals surface area contributed by atoms with Crippen molar-refractivity contribution in [3.63, 3.8) is 0 Å². The van der Waals surface area contributed by atoms with Crippen molar-refractivity contribution in [3.8, 4) is 5.75 Å². The van der Waals surface area contributed by atoms with Crippen LogP contribution in [0, 0.1) is 0 Å². The van der Waals surface area contributed by atoms with E-state index in [1.54, 1.807) is 12.1 Å². The Bertz CT molecular complexity index is 438. The summed E-state index contributed by atoms with van der Waals surface area (Å²) in [5.41, 5.74) is 0.470. The topological polar surface area (TPSA) is 70.6 Å². The molecular formula is C16H26N2O3. The molecule has 1 atom stereocenters. The fraction of sp³-hybridized carbons (Fsp3) is 0.562. The number of amides is 2. The summed E-state index contributed by atoms with van der Waals surface area (Å²) in [6, 6.07) is 7.05. The fourth-order valence-electron chi connectivity index (χ4n) is 1.82. The number of benzene rings is 1. The number of carbonyl (C=O) groups is 1. The molecule has 0 saturated carbocycles. The van der Waals surface area contributed by atoms with Gasteiger partial charge in [-0.3, -0.25) is 0 Å². The Morgan fingerprint density at radius 3 is 2.43 bits per heavy atom. The number of rotatable bonds is 6. The Kier molecular flexibility index (Phi) is 6.49. The molecule has 0 aromatic heterocycles. The molecule has 118 valence electrons. The van der Waals surface area contributed by atoms with E-state index in [1.165, 1.54) is 0 Å². The summed E-state index contributed by atoms with van der Waals surface area (Å²) >= 11 is 0. The predicted octanol–water partition coefficient (Wildman–Crippen LogP) is 3.15. The van der Waals surface area contributed by atoms with Gasteiger partial charge in [0.25, 0.3) is 0 Å². The van der Waals surface area contributed by atoms with E-state index in [-0.39, 0.29) is 24.3 Å². The average Bonchev–Trinajstić information content (AvgIpc) is 2.37. The zero-order valence-corrected chi connectivity index (χ0v) is 13.3. The molecule has 1 unspecified atom stereocenters. The third kappa shape index (κ3) is 7.56. The maximum atomic E-state index is 11.8. The van der Waals surface area contributed by atoms with Gasteiger partial charge in [0.2, 0.25) is 0 Å². The Balaban J connectivity index is 2.46. The number of anilines is 1. The van der Waals surface area contributed by atoms with Crippen molar-refractivity contribution in [1.29, 1.82) is 0 Å². The maximum Gasteiger partial charge on any atom is 0.319 e. The van der Waals surface area contributed by atoms with Crippen molar-refractivity contribution < 1.29 is 14.6 Å². The summed E-state index contributed by atoms with van der Waals surface area (Å²) in [7, 11) is 0. The molecule has 0 saturated heterocycles. The smallest absolute Gasteiger partial charge is 0.319 e. The summed E-state index contributed by atoms with van der Waals surface area (Å²) in [6.45, 7) is 8.01. The Morgan fingerprint density at radius 1 is 1.29 bits per heavy atom. The van der Waals surface area contributed by atoms with Crippen LogP contribution in [0.15, 0.2) is 24.3 Å². The van der Waals surface area contributed by atoms with Crippen LogP contribution in [0.4, 0.5) is 10.5 Å². The van der Waals surface area contributed by atoms with Crippen LogP contribution in [0.5, 0.6) is 5.75 Å². The van der Waals surface area contributed by atoms with Gasteiger partial charge in [-0.05, 0) is 64.8 Å². The molecule has 0 aliphatic heterocycles. The van der Waals surface area contributed by atoms with Crippen molar-refractivity contribution in [2.24, 2.45) is 0 Å². The SMILES string of the molecule is CC(CCCO)NC(=O)Nc1ccc(OC(C)(C)C)cc1. The van der Waals surface area contributed by atoms with Gasteiger partial charge < -0.3 is 20.5 Å². The zero-order chi connectivity index (χ0) is 15.9. The molecule has 0 fully saturated rings. The van der Waals surface area contributed by atoms with Crippen LogP contribution in [0.2, 0.25) is 0 Å². The molecule has 0 aliphatic carbocycles. The minimum atomic E-state index is -0.245. The lowest BCUT2D eigenvalue weighted by atomic mass is 10.2. The first-order valence-electron chi connectivity index (χ1n) is 7.27. The van der Waals surface area contributed by atoms with E-state index in [0.29, 0.717) is 12.1 Å². The standard InChI is InChI=1S/C16H26N2O3/c1-12(6-5-11-19)17-15(20)18-13-7-9-14(10-8-13)21-16(2,3)4/h7-10,12,19H,5-6,11H2,1-4H3,(H2,17,18,20). The highest BCUT2D eigenvalue weighted by atomic mass is 16.5. The molecule has 21 heavy (non-hydrogen) atoms. The summed E-state index contributed by atoms with van der Waals surface area (Å²) in [6.07, 6.45) is 1.43. The Labute approximate surface area is 126 Å². The van der Waals surface area contributed by atoms with Crippen LogP contribution >= 0.6 is 0 Å². The van der Waals surface area contributed by atoms with E-state index in [2.05, 4.69) is 10.6 Å². The molecule has 0 aliphatic rings. The Hall–Kier alpha value is -1.75. The molecule has 1 aromatic rings. The quantitative estimate of drug-likeness (QED) is 0.755. The van der Waals surface area contributed by atoms with Crippen LogP contribution in [0.3, 0.4) is 0 Å². The molecule has 1 rings (SSSR count). The molecule has 0 spiro atoms. The lowest BCUT2D eigenvalue weighted by Gasteiger charge is -2.21. The number of ether oxygens (including phenoxy) is 1. The second-order valence-corrected chi connectivity index (χ2v) is 6.10. The lowest BCUT2D eigenvalue weighted by Crippen LogP contribution is -2.36. The Morgan fingerprint density at radius 2 is 1.90 bits per heavy atom. The number of hydrogen-bond donors (Lipinski definition) is 3. The highest BCUT2D eigenvalue weighted by molar-refractivity contribution is 5.89.